The van der Waals surface area contributed by atoms with Gasteiger partial charge in [-0.3, -0.25) is 0 Å². The van der Waals surface area contributed by atoms with Crippen molar-refractivity contribution in [3.05, 3.63) is 57.8 Å². The first-order chi connectivity index (χ1) is 8.99. The molecule has 0 heterocycles. The molecule has 0 fully saturated rings. The lowest BCUT2D eigenvalue weighted by Gasteiger charge is -2.09. The number of hydrogen-bond donors (Lipinski definition) is 1. The van der Waals surface area contributed by atoms with Gasteiger partial charge in [-0.1, -0.05) is 17.7 Å². The Morgan fingerprint density at radius 1 is 1.21 bits per heavy atom. The van der Waals surface area contributed by atoms with Gasteiger partial charge >= 0.3 is 5.97 Å². The Labute approximate surface area is 117 Å². The van der Waals surface area contributed by atoms with Crippen molar-refractivity contribution in [2.24, 2.45) is 0 Å². The van der Waals surface area contributed by atoms with E-state index in [-0.39, 0.29) is 15.8 Å². The van der Waals surface area contributed by atoms with Crippen LogP contribution in [0.25, 0.3) is 0 Å². The van der Waals surface area contributed by atoms with E-state index in [2.05, 4.69) is 15.9 Å². The van der Waals surface area contributed by atoms with Crippen LogP contribution in [0.4, 0.5) is 4.39 Å². The molecule has 2 aromatic carbocycles. The van der Waals surface area contributed by atoms with E-state index in [1.54, 1.807) is 12.1 Å². The monoisotopic (exact) mass is 324 g/mol. The van der Waals surface area contributed by atoms with Gasteiger partial charge in [-0.2, -0.15) is 0 Å². The summed E-state index contributed by atoms with van der Waals surface area (Å²) in [7, 11) is 0. The van der Waals surface area contributed by atoms with E-state index in [9.17, 15) is 9.18 Å². The van der Waals surface area contributed by atoms with Gasteiger partial charge in [-0.25, -0.2) is 9.18 Å². The van der Waals surface area contributed by atoms with Crippen molar-refractivity contribution in [3.8, 4) is 11.5 Å². The molecule has 0 atom stereocenters. The Bertz CT molecular complexity index is 623. The first-order valence-electron chi connectivity index (χ1n) is 5.45. The van der Waals surface area contributed by atoms with Gasteiger partial charge in [0.2, 0.25) is 0 Å². The van der Waals surface area contributed by atoms with E-state index >= 15 is 0 Å². The number of aryl methyl sites for hydroxylation is 1. The molecule has 19 heavy (non-hydrogen) atoms. The number of carboxylic acid groups (broad SMARTS) is 1. The van der Waals surface area contributed by atoms with E-state index in [4.69, 9.17) is 9.84 Å². The zero-order valence-electron chi connectivity index (χ0n) is 9.98. The van der Waals surface area contributed by atoms with Crippen molar-refractivity contribution in [2.45, 2.75) is 6.92 Å². The number of hydrogen-bond acceptors (Lipinski definition) is 2. The number of carboxylic acids is 1. The second-order valence-corrected chi connectivity index (χ2v) is 4.75. The topological polar surface area (TPSA) is 46.5 Å². The smallest absolute Gasteiger partial charge is 0.336 e. The molecule has 0 saturated heterocycles. The van der Waals surface area contributed by atoms with E-state index in [0.29, 0.717) is 5.75 Å². The molecule has 0 radical (unpaired) electrons. The average Bonchev–Trinajstić information content (AvgIpc) is 2.37. The Morgan fingerprint density at radius 3 is 2.42 bits per heavy atom. The fourth-order valence-corrected chi connectivity index (χ4v) is 2.01. The Balaban J connectivity index is 2.34. The molecule has 0 saturated carbocycles. The van der Waals surface area contributed by atoms with E-state index in [0.717, 1.165) is 5.56 Å². The molecule has 0 aliphatic carbocycles. The van der Waals surface area contributed by atoms with Crippen LogP contribution in [-0.2, 0) is 0 Å². The second kappa shape index (κ2) is 5.40. The molecule has 0 spiro atoms. The van der Waals surface area contributed by atoms with Crippen LogP contribution in [0.5, 0.6) is 11.5 Å². The molecule has 2 aromatic rings. The standard InChI is InChI=1S/C14H10BrFO3/c1-8-2-4-9(5-3-8)19-11-7-6-10(14(17)18)12(15)13(11)16/h2-7H,1H3,(H,17,18). The summed E-state index contributed by atoms with van der Waals surface area (Å²) in [6.45, 7) is 1.93. The van der Waals surface area contributed by atoms with Crippen LogP contribution in [0.2, 0.25) is 0 Å². The summed E-state index contributed by atoms with van der Waals surface area (Å²) >= 11 is 2.92. The number of ether oxygens (including phenoxy) is 1. The van der Waals surface area contributed by atoms with E-state index in [1.807, 2.05) is 19.1 Å². The van der Waals surface area contributed by atoms with Gasteiger partial charge in [0, 0.05) is 0 Å². The van der Waals surface area contributed by atoms with Gasteiger partial charge in [0.25, 0.3) is 0 Å². The highest BCUT2D eigenvalue weighted by atomic mass is 79.9. The van der Waals surface area contributed by atoms with Crippen LogP contribution >= 0.6 is 15.9 Å². The Kier molecular flexibility index (Phi) is 3.85. The highest BCUT2D eigenvalue weighted by molar-refractivity contribution is 9.10. The summed E-state index contributed by atoms with van der Waals surface area (Å²) < 4.78 is 19.2. The van der Waals surface area contributed by atoms with Gasteiger partial charge in [0.15, 0.2) is 11.6 Å². The molecule has 0 amide bonds. The summed E-state index contributed by atoms with van der Waals surface area (Å²) in [6, 6.07) is 9.70. The lowest BCUT2D eigenvalue weighted by Crippen LogP contribution is -2.00. The number of rotatable bonds is 3. The van der Waals surface area contributed by atoms with Crippen LogP contribution in [0, 0.1) is 12.7 Å². The third-order valence-electron chi connectivity index (χ3n) is 2.53. The van der Waals surface area contributed by atoms with E-state index < -0.39 is 11.8 Å². The average molecular weight is 325 g/mol. The van der Waals surface area contributed by atoms with Crippen LogP contribution in [0.15, 0.2) is 40.9 Å². The fourth-order valence-electron chi connectivity index (χ4n) is 1.51. The van der Waals surface area contributed by atoms with Gasteiger partial charge < -0.3 is 9.84 Å². The molecule has 98 valence electrons. The highest BCUT2D eigenvalue weighted by Crippen LogP contribution is 2.31. The summed E-state index contributed by atoms with van der Waals surface area (Å²) in [4.78, 5) is 10.8. The first-order valence-corrected chi connectivity index (χ1v) is 6.24. The maximum absolute atomic E-state index is 14.0. The predicted octanol–water partition coefficient (Wildman–Crippen LogP) is 4.39. The lowest BCUT2D eigenvalue weighted by molar-refractivity contribution is 0.0695. The fraction of sp³-hybridized carbons (Fsp3) is 0.0714. The first kappa shape index (κ1) is 13.5. The molecule has 0 aliphatic rings. The zero-order valence-corrected chi connectivity index (χ0v) is 11.6. The van der Waals surface area contributed by atoms with Gasteiger partial charge in [0.05, 0.1) is 10.0 Å². The predicted molar refractivity (Wildman–Crippen MR) is 72.3 cm³/mol. The van der Waals surface area contributed by atoms with Crippen molar-refractivity contribution >= 4 is 21.9 Å². The molecule has 2 rings (SSSR count). The molecule has 0 aromatic heterocycles. The largest absolute Gasteiger partial charge is 0.478 e. The zero-order chi connectivity index (χ0) is 14.0. The normalized spacial score (nSPS) is 10.3. The van der Waals surface area contributed by atoms with Gasteiger partial charge in [0.1, 0.15) is 5.75 Å². The van der Waals surface area contributed by atoms with Crippen LogP contribution < -0.4 is 4.74 Å². The van der Waals surface area contributed by atoms with Crippen LogP contribution in [0.1, 0.15) is 15.9 Å². The van der Waals surface area contributed by atoms with Crippen molar-refractivity contribution < 1.29 is 19.0 Å². The highest BCUT2D eigenvalue weighted by Gasteiger charge is 2.17. The summed E-state index contributed by atoms with van der Waals surface area (Å²) in [5.41, 5.74) is 0.920. The molecular formula is C14H10BrFO3. The third-order valence-corrected chi connectivity index (χ3v) is 3.30. The minimum Gasteiger partial charge on any atom is -0.478 e. The molecule has 5 heteroatoms. The summed E-state index contributed by atoms with van der Waals surface area (Å²) in [5.74, 6) is -1.48. The molecule has 1 N–H and O–H groups in total. The Hall–Kier alpha value is -1.88. The molecule has 0 aliphatic heterocycles. The van der Waals surface area contributed by atoms with Crippen molar-refractivity contribution in [2.75, 3.05) is 0 Å². The maximum Gasteiger partial charge on any atom is 0.336 e. The number of carbonyl (C=O) groups is 1. The maximum atomic E-state index is 14.0. The van der Waals surface area contributed by atoms with Gasteiger partial charge in [-0.05, 0) is 47.1 Å². The Morgan fingerprint density at radius 2 is 1.84 bits per heavy atom. The van der Waals surface area contributed by atoms with Gasteiger partial charge in [-0.15, -0.1) is 0 Å². The summed E-state index contributed by atoms with van der Waals surface area (Å²) in [6.07, 6.45) is 0. The third kappa shape index (κ3) is 2.93. The minimum absolute atomic E-state index is 0.0271. The summed E-state index contributed by atoms with van der Waals surface area (Å²) in [5, 5.41) is 8.86. The second-order valence-electron chi connectivity index (χ2n) is 3.96. The lowest BCUT2D eigenvalue weighted by atomic mass is 10.2. The van der Waals surface area contributed by atoms with Crippen molar-refractivity contribution in [1.82, 2.24) is 0 Å². The van der Waals surface area contributed by atoms with E-state index in [1.165, 1.54) is 12.1 Å². The number of aromatic carboxylic acids is 1. The SMILES string of the molecule is Cc1ccc(Oc2ccc(C(=O)O)c(Br)c2F)cc1. The van der Waals surface area contributed by atoms with Crippen molar-refractivity contribution in [1.29, 1.82) is 0 Å². The minimum atomic E-state index is -1.20. The molecule has 3 nitrogen and oxygen atoms in total. The molecule has 0 bridgehead atoms. The van der Waals surface area contributed by atoms with Crippen LogP contribution in [-0.4, -0.2) is 11.1 Å². The number of benzene rings is 2. The van der Waals surface area contributed by atoms with Crippen LogP contribution in [0.3, 0.4) is 0 Å². The molecular weight excluding hydrogens is 315 g/mol. The quantitative estimate of drug-likeness (QED) is 0.910. The number of halogens is 2. The van der Waals surface area contributed by atoms with Crippen molar-refractivity contribution in [3.63, 3.8) is 0 Å². The molecule has 0 unspecified atom stereocenters.